The molecule has 1 N–H and O–H groups in total. The molecule has 8 heteroatoms. The van der Waals surface area contributed by atoms with Crippen LogP contribution >= 0.6 is 11.8 Å². The molecule has 1 aliphatic rings. The Morgan fingerprint density at radius 1 is 1.26 bits per heavy atom. The summed E-state index contributed by atoms with van der Waals surface area (Å²) in [7, 11) is 0. The van der Waals surface area contributed by atoms with E-state index in [1.54, 1.807) is 17.0 Å². The molecule has 1 heterocycles. The highest BCUT2D eigenvalue weighted by molar-refractivity contribution is 7.99. The summed E-state index contributed by atoms with van der Waals surface area (Å²) >= 11 is 1.46. The van der Waals surface area contributed by atoms with Gasteiger partial charge in [0.25, 0.3) is 11.6 Å². The molecule has 172 valence electrons. The molecule has 0 spiro atoms. The van der Waals surface area contributed by atoms with Gasteiger partial charge in [0.05, 0.1) is 9.82 Å². The molecule has 0 atom stereocenters. The van der Waals surface area contributed by atoms with Crippen LogP contribution in [0.25, 0.3) is 0 Å². The zero-order valence-corrected chi connectivity index (χ0v) is 19.7. The van der Waals surface area contributed by atoms with Gasteiger partial charge >= 0.3 is 0 Å². The SMILES string of the molecule is CCCCCNC(=O)C1CCN(C(=O)c2ccc(SCCC(C)C)c([N+](=O)[O-])c2)CC1. The number of nitrogens with zero attached hydrogens (tertiary/aromatic N) is 2. The zero-order valence-electron chi connectivity index (χ0n) is 18.9. The summed E-state index contributed by atoms with van der Waals surface area (Å²) in [6.45, 7) is 8.06. The first kappa shape index (κ1) is 25.2. The van der Waals surface area contributed by atoms with Crippen LogP contribution in [0.15, 0.2) is 23.1 Å². The van der Waals surface area contributed by atoms with E-state index in [4.69, 9.17) is 0 Å². The third-order valence-corrected chi connectivity index (χ3v) is 6.68. The van der Waals surface area contributed by atoms with Crippen molar-refractivity contribution in [3.05, 3.63) is 33.9 Å². The van der Waals surface area contributed by atoms with Crippen LogP contribution in [0.4, 0.5) is 5.69 Å². The number of nitrogens with one attached hydrogen (secondary N) is 1. The maximum absolute atomic E-state index is 12.9. The highest BCUT2D eigenvalue weighted by atomic mass is 32.2. The molecule has 1 aromatic rings. The molecule has 1 saturated heterocycles. The maximum atomic E-state index is 12.9. The molecule has 2 amide bonds. The highest BCUT2D eigenvalue weighted by Gasteiger charge is 2.28. The Balaban J connectivity index is 1.93. The number of nitro benzene ring substituents is 1. The van der Waals surface area contributed by atoms with Crippen molar-refractivity contribution in [1.82, 2.24) is 10.2 Å². The molecule has 1 aromatic carbocycles. The number of nitro groups is 1. The van der Waals surface area contributed by atoms with Gasteiger partial charge in [-0.15, -0.1) is 11.8 Å². The quantitative estimate of drug-likeness (QED) is 0.225. The molecular weight excluding hydrogens is 414 g/mol. The molecule has 0 saturated carbocycles. The van der Waals surface area contributed by atoms with Gasteiger partial charge in [-0.1, -0.05) is 33.6 Å². The fourth-order valence-corrected chi connectivity index (χ4v) is 4.83. The second-order valence-electron chi connectivity index (χ2n) is 8.54. The smallest absolute Gasteiger partial charge is 0.283 e. The van der Waals surface area contributed by atoms with Crippen molar-refractivity contribution in [3.63, 3.8) is 0 Å². The Hall–Kier alpha value is -2.09. The number of carbonyl (C=O) groups excluding carboxylic acids is 2. The summed E-state index contributed by atoms with van der Waals surface area (Å²) in [4.78, 5) is 38.6. The number of carbonyl (C=O) groups is 2. The molecule has 31 heavy (non-hydrogen) atoms. The van der Waals surface area contributed by atoms with Gasteiger partial charge < -0.3 is 10.2 Å². The van der Waals surface area contributed by atoms with Gasteiger partial charge in [0.15, 0.2) is 0 Å². The average Bonchev–Trinajstić information content (AvgIpc) is 2.76. The Kier molecular flexibility index (Phi) is 10.3. The minimum absolute atomic E-state index is 0.0130. The van der Waals surface area contributed by atoms with Crippen molar-refractivity contribution in [2.24, 2.45) is 11.8 Å². The van der Waals surface area contributed by atoms with E-state index in [0.717, 1.165) is 31.4 Å². The van der Waals surface area contributed by atoms with Crippen LogP contribution in [0, 0.1) is 22.0 Å². The highest BCUT2D eigenvalue weighted by Crippen LogP contribution is 2.32. The van der Waals surface area contributed by atoms with E-state index in [2.05, 4.69) is 26.1 Å². The van der Waals surface area contributed by atoms with E-state index in [1.165, 1.54) is 17.8 Å². The number of piperidine rings is 1. The van der Waals surface area contributed by atoms with Crippen molar-refractivity contribution < 1.29 is 14.5 Å². The molecule has 0 radical (unpaired) electrons. The summed E-state index contributed by atoms with van der Waals surface area (Å²) < 4.78 is 0. The fraction of sp³-hybridized carbons (Fsp3) is 0.652. The van der Waals surface area contributed by atoms with E-state index >= 15 is 0 Å². The number of benzene rings is 1. The van der Waals surface area contributed by atoms with Crippen molar-refractivity contribution in [3.8, 4) is 0 Å². The first-order chi connectivity index (χ1) is 14.8. The number of amides is 2. The van der Waals surface area contributed by atoms with Crippen LogP contribution < -0.4 is 5.32 Å². The molecule has 7 nitrogen and oxygen atoms in total. The second-order valence-corrected chi connectivity index (χ2v) is 9.67. The lowest BCUT2D eigenvalue weighted by Gasteiger charge is -2.31. The summed E-state index contributed by atoms with van der Waals surface area (Å²) in [6, 6.07) is 4.76. The lowest BCUT2D eigenvalue weighted by atomic mass is 9.95. The standard InChI is InChI=1S/C23H35N3O4S/c1-4-5-6-12-24-22(27)18-9-13-25(14-10-18)23(28)19-7-8-21(20(16-19)26(29)30)31-15-11-17(2)3/h7-8,16-18H,4-6,9-15H2,1-3H3,(H,24,27). The van der Waals surface area contributed by atoms with Gasteiger partial charge in [0, 0.05) is 37.2 Å². The zero-order chi connectivity index (χ0) is 22.8. The topological polar surface area (TPSA) is 92.6 Å². The number of hydrogen-bond acceptors (Lipinski definition) is 5. The first-order valence-electron chi connectivity index (χ1n) is 11.3. The minimum atomic E-state index is -0.413. The van der Waals surface area contributed by atoms with Crippen LogP contribution in [0.1, 0.15) is 69.7 Å². The van der Waals surface area contributed by atoms with Gasteiger partial charge in [-0.2, -0.15) is 0 Å². The summed E-state index contributed by atoms with van der Waals surface area (Å²) in [5, 5.41) is 14.5. The Morgan fingerprint density at radius 2 is 1.97 bits per heavy atom. The van der Waals surface area contributed by atoms with Crippen LogP contribution in [0.2, 0.25) is 0 Å². The van der Waals surface area contributed by atoms with Crippen molar-refractivity contribution in [2.75, 3.05) is 25.4 Å². The van der Waals surface area contributed by atoms with E-state index in [0.29, 0.717) is 48.9 Å². The molecule has 0 unspecified atom stereocenters. The maximum Gasteiger partial charge on any atom is 0.283 e. The van der Waals surface area contributed by atoms with E-state index in [-0.39, 0.29) is 23.4 Å². The second kappa shape index (κ2) is 12.7. The average molecular weight is 450 g/mol. The first-order valence-corrected chi connectivity index (χ1v) is 12.3. The largest absolute Gasteiger partial charge is 0.356 e. The minimum Gasteiger partial charge on any atom is -0.356 e. The Morgan fingerprint density at radius 3 is 2.58 bits per heavy atom. The van der Waals surface area contributed by atoms with Crippen LogP contribution in [0.5, 0.6) is 0 Å². The number of thioether (sulfide) groups is 1. The normalized spacial score (nSPS) is 14.6. The lowest BCUT2D eigenvalue weighted by Crippen LogP contribution is -2.43. The molecule has 1 aliphatic heterocycles. The van der Waals surface area contributed by atoms with Crippen LogP contribution in [0.3, 0.4) is 0 Å². The van der Waals surface area contributed by atoms with Gasteiger partial charge in [0.2, 0.25) is 5.91 Å². The third kappa shape index (κ3) is 7.83. The van der Waals surface area contributed by atoms with Gasteiger partial charge in [-0.25, -0.2) is 0 Å². The molecule has 1 fully saturated rings. The summed E-state index contributed by atoms with van der Waals surface area (Å²) in [6.07, 6.45) is 5.43. The van der Waals surface area contributed by atoms with Gasteiger partial charge in [-0.05, 0) is 49.5 Å². The summed E-state index contributed by atoms with van der Waals surface area (Å²) in [5.74, 6) is 1.14. The van der Waals surface area contributed by atoms with Gasteiger partial charge in [-0.3, -0.25) is 19.7 Å². The van der Waals surface area contributed by atoms with Crippen LogP contribution in [-0.2, 0) is 4.79 Å². The van der Waals surface area contributed by atoms with Crippen LogP contribution in [-0.4, -0.2) is 47.0 Å². The lowest BCUT2D eigenvalue weighted by molar-refractivity contribution is -0.387. The number of rotatable bonds is 11. The Bertz CT molecular complexity index is 761. The molecule has 0 bridgehead atoms. The van der Waals surface area contributed by atoms with E-state index in [1.807, 2.05) is 0 Å². The van der Waals surface area contributed by atoms with Crippen molar-refractivity contribution in [1.29, 1.82) is 0 Å². The van der Waals surface area contributed by atoms with Crippen molar-refractivity contribution >= 4 is 29.3 Å². The fourth-order valence-electron chi connectivity index (χ4n) is 3.58. The number of unbranched alkanes of at least 4 members (excludes halogenated alkanes) is 2. The monoisotopic (exact) mass is 449 g/mol. The molecule has 0 aliphatic carbocycles. The predicted octanol–water partition coefficient (Wildman–Crippen LogP) is 4.89. The van der Waals surface area contributed by atoms with E-state index in [9.17, 15) is 19.7 Å². The summed E-state index contributed by atoms with van der Waals surface area (Å²) in [5.41, 5.74) is 0.323. The molecule has 2 rings (SSSR count). The number of hydrogen-bond donors (Lipinski definition) is 1. The number of likely N-dealkylation sites (tertiary alicyclic amines) is 1. The Labute approximate surface area is 189 Å². The van der Waals surface area contributed by atoms with Gasteiger partial charge in [0.1, 0.15) is 0 Å². The van der Waals surface area contributed by atoms with Crippen molar-refractivity contribution in [2.45, 2.75) is 64.2 Å². The molecule has 0 aromatic heterocycles. The predicted molar refractivity (Wildman–Crippen MR) is 124 cm³/mol. The third-order valence-electron chi connectivity index (χ3n) is 5.59. The van der Waals surface area contributed by atoms with E-state index < -0.39 is 4.92 Å². The molecular formula is C23H35N3O4S.